The molecular formula is C13H17NO2. The summed E-state index contributed by atoms with van der Waals surface area (Å²) in [6.45, 7) is 4.48. The maximum absolute atomic E-state index is 11.5. The van der Waals surface area contributed by atoms with Crippen molar-refractivity contribution in [2.75, 3.05) is 6.54 Å². The molecule has 1 heterocycles. The van der Waals surface area contributed by atoms with Crippen molar-refractivity contribution < 1.29 is 9.90 Å². The molecule has 0 aromatic heterocycles. The predicted molar refractivity (Wildman–Crippen MR) is 61.9 cm³/mol. The Morgan fingerprint density at radius 2 is 2.31 bits per heavy atom. The second kappa shape index (κ2) is 4.26. The first-order valence-corrected chi connectivity index (χ1v) is 5.64. The van der Waals surface area contributed by atoms with Crippen LogP contribution in [0.3, 0.4) is 0 Å². The zero-order valence-corrected chi connectivity index (χ0v) is 9.73. The second-order valence-electron chi connectivity index (χ2n) is 4.28. The van der Waals surface area contributed by atoms with Crippen LogP contribution in [-0.4, -0.2) is 22.5 Å². The summed E-state index contributed by atoms with van der Waals surface area (Å²) in [6.07, 6.45) is 0.843. The lowest BCUT2D eigenvalue weighted by Crippen LogP contribution is -2.37. The number of nitrogens with zero attached hydrogens (tertiary/aromatic N) is 1. The smallest absolute Gasteiger partial charge is 0.219 e. The molecule has 3 heteroatoms. The first kappa shape index (κ1) is 11.1. The summed E-state index contributed by atoms with van der Waals surface area (Å²) in [5.41, 5.74) is 3.38. The summed E-state index contributed by atoms with van der Waals surface area (Å²) < 4.78 is 0. The van der Waals surface area contributed by atoms with Gasteiger partial charge in [-0.2, -0.15) is 0 Å². The van der Waals surface area contributed by atoms with Gasteiger partial charge in [-0.1, -0.05) is 18.2 Å². The molecule has 1 atom stereocenters. The van der Waals surface area contributed by atoms with E-state index in [4.69, 9.17) is 0 Å². The number of hydrogen-bond acceptors (Lipinski definition) is 2. The fraction of sp³-hybridized carbons (Fsp3) is 0.462. The fourth-order valence-corrected chi connectivity index (χ4v) is 2.52. The predicted octanol–water partition coefficient (Wildman–Crippen LogP) is 1.64. The molecule has 2 rings (SSSR count). The van der Waals surface area contributed by atoms with Crippen molar-refractivity contribution in [3.8, 4) is 0 Å². The van der Waals surface area contributed by atoms with E-state index in [1.54, 1.807) is 6.92 Å². The number of benzene rings is 1. The summed E-state index contributed by atoms with van der Waals surface area (Å²) >= 11 is 0. The summed E-state index contributed by atoms with van der Waals surface area (Å²) in [6, 6.07) is 6.07. The molecule has 0 saturated heterocycles. The number of carbonyl (C=O) groups is 1. The minimum atomic E-state index is 0.0793. The Labute approximate surface area is 95.7 Å². The highest BCUT2D eigenvalue weighted by molar-refractivity contribution is 5.74. The first-order valence-electron chi connectivity index (χ1n) is 5.64. The van der Waals surface area contributed by atoms with E-state index < -0.39 is 0 Å². The van der Waals surface area contributed by atoms with Gasteiger partial charge >= 0.3 is 0 Å². The molecule has 0 spiro atoms. The molecule has 0 radical (unpaired) electrons. The van der Waals surface area contributed by atoms with Crippen LogP contribution in [0.4, 0.5) is 0 Å². The zero-order valence-electron chi connectivity index (χ0n) is 9.73. The van der Waals surface area contributed by atoms with E-state index in [9.17, 15) is 9.90 Å². The third kappa shape index (κ3) is 1.71. The third-order valence-electron chi connectivity index (χ3n) is 3.40. The van der Waals surface area contributed by atoms with Gasteiger partial charge in [-0.3, -0.25) is 4.79 Å². The highest BCUT2D eigenvalue weighted by atomic mass is 16.3. The van der Waals surface area contributed by atoms with Gasteiger partial charge in [0, 0.05) is 13.5 Å². The molecule has 1 aliphatic rings. The van der Waals surface area contributed by atoms with Gasteiger partial charge in [0.2, 0.25) is 5.91 Å². The van der Waals surface area contributed by atoms with Crippen molar-refractivity contribution in [3.05, 3.63) is 34.9 Å². The summed E-state index contributed by atoms with van der Waals surface area (Å²) in [5, 5.41) is 9.27. The van der Waals surface area contributed by atoms with Crippen molar-refractivity contribution in [1.29, 1.82) is 0 Å². The molecule has 86 valence electrons. The first-order chi connectivity index (χ1) is 7.65. The molecule has 1 amide bonds. The standard InChI is InChI=1S/C13H17NO2/c1-9-12-5-3-4-11(8-15)13(12)6-7-14(9)10(2)16/h3-5,9,15H,6-8H2,1-2H3/t9-/m0/s1. The van der Waals surface area contributed by atoms with Gasteiger partial charge < -0.3 is 10.0 Å². The minimum absolute atomic E-state index is 0.0793. The summed E-state index contributed by atoms with van der Waals surface area (Å²) in [5.74, 6) is 0.118. The summed E-state index contributed by atoms with van der Waals surface area (Å²) in [4.78, 5) is 13.3. The molecule has 1 N–H and O–H groups in total. The Morgan fingerprint density at radius 1 is 1.56 bits per heavy atom. The van der Waals surface area contributed by atoms with E-state index in [0.717, 1.165) is 18.5 Å². The van der Waals surface area contributed by atoms with Crippen LogP contribution in [0, 0.1) is 0 Å². The van der Waals surface area contributed by atoms with Crippen LogP contribution in [-0.2, 0) is 17.8 Å². The molecule has 0 saturated carbocycles. The Kier molecular flexibility index (Phi) is 2.97. The average molecular weight is 219 g/mol. The zero-order chi connectivity index (χ0) is 11.7. The number of hydrogen-bond donors (Lipinski definition) is 1. The Hall–Kier alpha value is -1.35. The normalized spacial score (nSPS) is 19.4. The van der Waals surface area contributed by atoms with Gasteiger partial charge in [-0.15, -0.1) is 0 Å². The molecule has 1 aromatic rings. The maximum Gasteiger partial charge on any atom is 0.219 e. The van der Waals surface area contributed by atoms with E-state index in [0.29, 0.717) is 0 Å². The van der Waals surface area contributed by atoms with Crippen molar-refractivity contribution in [1.82, 2.24) is 4.90 Å². The van der Waals surface area contributed by atoms with Crippen LogP contribution in [0.1, 0.15) is 36.6 Å². The van der Waals surface area contributed by atoms with Crippen LogP contribution in [0.25, 0.3) is 0 Å². The average Bonchev–Trinajstić information content (AvgIpc) is 2.28. The number of carbonyl (C=O) groups excluding carboxylic acids is 1. The Balaban J connectivity index is 2.42. The lowest BCUT2D eigenvalue weighted by atomic mass is 9.90. The van der Waals surface area contributed by atoms with Crippen LogP contribution in [0.5, 0.6) is 0 Å². The number of rotatable bonds is 1. The second-order valence-corrected chi connectivity index (χ2v) is 4.28. The van der Waals surface area contributed by atoms with Gasteiger partial charge in [-0.25, -0.2) is 0 Å². The van der Waals surface area contributed by atoms with E-state index in [2.05, 4.69) is 0 Å². The summed E-state index contributed by atoms with van der Waals surface area (Å²) in [7, 11) is 0. The molecule has 16 heavy (non-hydrogen) atoms. The maximum atomic E-state index is 11.5. The molecule has 1 aliphatic heterocycles. The third-order valence-corrected chi connectivity index (χ3v) is 3.40. The van der Waals surface area contributed by atoms with Crippen LogP contribution in [0.15, 0.2) is 18.2 Å². The van der Waals surface area contributed by atoms with Gasteiger partial charge in [0.15, 0.2) is 0 Å². The van der Waals surface area contributed by atoms with Gasteiger partial charge in [0.1, 0.15) is 0 Å². The van der Waals surface area contributed by atoms with E-state index in [1.807, 2.05) is 30.0 Å². The number of aliphatic hydroxyl groups is 1. The lowest BCUT2D eigenvalue weighted by molar-refractivity contribution is -0.131. The van der Waals surface area contributed by atoms with Gasteiger partial charge in [0.25, 0.3) is 0 Å². The number of aliphatic hydroxyl groups excluding tert-OH is 1. The topological polar surface area (TPSA) is 40.5 Å². The van der Waals surface area contributed by atoms with Crippen molar-refractivity contribution in [3.63, 3.8) is 0 Å². The Morgan fingerprint density at radius 3 is 2.94 bits per heavy atom. The molecule has 1 aromatic carbocycles. The molecule has 0 fully saturated rings. The molecular weight excluding hydrogens is 202 g/mol. The van der Waals surface area contributed by atoms with Crippen LogP contribution >= 0.6 is 0 Å². The van der Waals surface area contributed by atoms with Gasteiger partial charge in [-0.05, 0) is 30.0 Å². The minimum Gasteiger partial charge on any atom is -0.392 e. The monoisotopic (exact) mass is 219 g/mol. The SMILES string of the molecule is CC(=O)N1CCc2c(CO)cccc2[C@@H]1C. The van der Waals surface area contributed by atoms with E-state index >= 15 is 0 Å². The quantitative estimate of drug-likeness (QED) is 0.780. The molecule has 0 aliphatic carbocycles. The highest BCUT2D eigenvalue weighted by Crippen LogP contribution is 2.31. The number of amides is 1. The van der Waals surface area contributed by atoms with Crippen LogP contribution in [0.2, 0.25) is 0 Å². The fourth-order valence-electron chi connectivity index (χ4n) is 2.52. The molecule has 3 nitrogen and oxygen atoms in total. The van der Waals surface area contributed by atoms with E-state index in [1.165, 1.54) is 11.1 Å². The molecule has 0 bridgehead atoms. The van der Waals surface area contributed by atoms with Gasteiger partial charge in [0.05, 0.1) is 12.6 Å². The van der Waals surface area contributed by atoms with Crippen molar-refractivity contribution in [2.24, 2.45) is 0 Å². The largest absolute Gasteiger partial charge is 0.392 e. The Bertz CT molecular complexity index is 414. The van der Waals surface area contributed by atoms with Crippen molar-refractivity contribution >= 4 is 5.91 Å². The van der Waals surface area contributed by atoms with E-state index in [-0.39, 0.29) is 18.6 Å². The number of fused-ring (bicyclic) bond motifs is 1. The lowest BCUT2D eigenvalue weighted by Gasteiger charge is -2.35. The van der Waals surface area contributed by atoms with Crippen molar-refractivity contribution in [2.45, 2.75) is 32.9 Å². The van der Waals surface area contributed by atoms with Crippen LogP contribution < -0.4 is 0 Å². The highest BCUT2D eigenvalue weighted by Gasteiger charge is 2.26. The molecule has 0 unspecified atom stereocenters.